The monoisotopic (exact) mass is 276 g/mol. The Labute approximate surface area is 123 Å². The van der Waals surface area contributed by atoms with E-state index in [1.807, 2.05) is 0 Å². The van der Waals surface area contributed by atoms with Gasteiger partial charge in [0.15, 0.2) is 0 Å². The summed E-state index contributed by atoms with van der Waals surface area (Å²) < 4.78 is 5.44. The molecular formula is C17H28N2O. The lowest BCUT2D eigenvalue weighted by Crippen LogP contribution is -2.36. The molecule has 1 aliphatic rings. The molecule has 112 valence electrons. The first-order valence-electron chi connectivity index (χ1n) is 7.86. The molecule has 1 heterocycles. The summed E-state index contributed by atoms with van der Waals surface area (Å²) in [5, 5.41) is 3.53. The highest BCUT2D eigenvalue weighted by Gasteiger charge is 2.18. The molecule has 2 rings (SSSR count). The molecule has 0 spiro atoms. The van der Waals surface area contributed by atoms with Crippen molar-refractivity contribution in [2.24, 2.45) is 0 Å². The SMILES string of the molecule is CCCNC(C)c1ccc(N(C)C2CCOCC2)cc1. The molecular weight excluding hydrogens is 248 g/mol. The summed E-state index contributed by atoms with van der Waals surface area (Å²) in [5.74, 6) is 0. The van der Waals surface area contributed by atoms with Gasteiger partial charge in [-0.25, -0.2) is 0 Å². The zero-order valence-electron chi connectivity index (χ0n) is 13.1. The second kappa shape index (κ2) is 7.65. The summed E-state index contributed by atoms with van der Waals surface area (Å²) in [6.45, 7) is 7.29. The molecule has 3 nitrogen and oxygen atoms in total. The van der Waals surface area contributed by atoms with Crippen molar-refractivity contribution in [1.82, 2.24) is 5.32 Å². The molecule has 0 saturated carbocycles. The number of hydrogen-bond donors (Lipinski definition) is 1. The molecule has 1 unspecified atom stereocenters. The Balaban J connectivity index is 1.96. The van der Waals surface area contributed by atoms with Crippen molar-refractivity contribution in [3.05, 3.63) is 29.8 Å². The zero-order valence-corrected chi connectivity index (χ0v) is 13.1. The van der Waals surface area contributed by atoms with Crippen LogP contribution in [-0.4, -0.2) is 32.8 Å². The Morgan fingerprint density at radius 2 is 1.90 bits per heavy atom. The molecule has 1 N–H and O–H groups in total. The maximum absolute atomic E-state index is 5.44. The van der Waals surface area contributed by atoms with Crippen LogP contribution >= 0.6 is 0 Å². The molecule has 0 radical (unpaired) electrons. The van der Waals surface area contributed by atoms with Crippen LogP contribution in [0.1, 0.15) is 44.7 Å². The van der Waals surface area contributed by atoms with Crippen LogP contribution < -0.4 is 10.2 Å². The molecule has 0 aliphatic carbocycles. The van der Waals surface area contributed by atoms with Crippen molar-refractivity contribution in [1.29, 1.82) is 0 Å². The van der Waals surface area contributed by atoms with Gasteiger partial charge in [0, 0.05) is 38.0 Å². The fraction of sp³-hybridized carbons (Fsp3) is 0.647. The van der Waals surface area contributed by atoms with Crippen LogP contribution in [-0.2, 0) is 4.74 Å². The summed E-state index contributed by atoms with van der Waals surface area (Å²) in [5.41, 5.74) is 2.67. The van der Waals surface area contributed by atoms with Gasteiger partial charge in [0.05, 0.1) is 0 Å². The highest BCUT2D eigenvalue weighted by Crippen LogP contribution is 2.23. The third-order valence-electron chi connectivity index (χ3n) is 4.24. The predicted molar refractivity (Wildman–Crippen MR) is 85.4 cm³/mol. The van der Waals surface area contributed by atoms with Crippen molar-refractivity contribution in [2.75, 3.05) is 31.7 Å². The van der Waals surface area contributed by atoms with Crippen molar-refractivity contribution < 1.29 is 4.74 Å². The quantitative estimate of drug-likeness (QED) is 0.862. The Morgan fingerprint density at radius 1 is 1.25 bits per heavy atom. The molecule has 1 saturated heterocycles. The van der Waals surface area contributed by atoms with E-state index in [0.29, 0.717) is 12.1 Å². The summed E-state index contributed by atoms with van der Waals surface area (Å²) >= 11 is 0. The minimum atomic E-state index is 0.428. The average molecular weight is 276 g/mol. The van der Waals surface area contributed by atoms with E-state index in [1.54, 1.807) is 0 Å². The molecule has 0 amide bonds. The highest BCUT2D eigenvalue weighted by atomic mass is 16.5. The van der Waals surface area contributed by atoms with Crippen molar-refractivity contribution in [2.45, 2.75) is 45.2 Å². The summed E-state index contributed by atoms with van der Waals surface area (Å²) in [7, 11) is 2.20. The summed E-state index contributed by atoms with van der Waals surface area (Å²) in [6.07, 6.45) is 3.44. The van der Waals surface area contributed by atoms with E-state index in [-0.39, 0.29) is 0 Å². The Hall–Kier alpha value is -1.06. The van der Waals surface area contributed by atoms with Crippen molar-refractivity contribution in [3.8, 4) is 0 Å². The van der Waals surface area contributed by atoms with Crippen LogP contribution in [0.5, 0.6) is 0 Å². The summed E-state index contributed by atoms with van der Waals surface area (Å²) in [4.78, 5) is 2.40. The van der Waals surface area contributed by atoms with Gasteiger partial charge in [-0.05, 0) is 50.4 Å². The van der Waals surface area contributed by atoms with Gasteiger partial charge in [-0.2, -0.15) is 0 Å². The lowest BCUT2D eigenvalue weighted by molar-refractivity contribution is 0.0855. The van der Waals surface area contributed by atoms with Crippen LogP contribution in [0.15, 0.2) is 24.3 Å². The second-order valence-electron chi connectivity index (χ2n) is 5.72. The third kappa shape index (κ3) is 3.97. The standard InChI is InChI=1S/C17H28N2O/c1-4-11-18-14(2)15-5-7-16(8-6-15)19(3)17-9-12-20-13-10-17/h5-8,14,17-18H,4,9-13H2,1-3H3. The summed E-state index contributed by atoms with van der Waals surface area (Å²) in [6, 6.07) is 10.0. The number of nitrogens with one attached hydrogen (secondary N) is 1. The molecule has 3 heteroatoms. The van der Waals surface area contributed by atoms with Gasteiger partial charge in [0.2, 0.25) is 0 Å². The van der Waals surface area contributed by atoms with Crippen LogP contribution in [0, 0.1) is 0 Å². The van der Waals surface area contributed by atoms with Crippen molar-refractivity contribution in [3.63, 3.8) is 0 Å². The zero-order chi connectivity index (χ0) is 14.4. The van der Waals surface area contributed by atoms with E-state index in [9.17, 15) is 0 Å². The normalized spacial score (nSPS) is 17.9. The van der Waals surface area contributed by atoms with Gasteiger partial charge >= 0.3 is 0 Å². The number of ether oxygens (including phenoxy) is 1. The predicted octanol–water partition coefficient (Wildman–Crippen LogP) is 3.36. The molecule has 1 fully saturated rings. The van der Waals surface area contributed by atoms with E-state index in [1.165, 1.54) is 17.7 Å². The van der Waals surface area contributed by atoms with Gasteiger partial charge in [-0.15, -0.1) is 0 Å². The van der Waals surface area contributed by atoms with Crippen LogP contribution in [0.3, 0.4) is 0 Å². The third-order valence-corrected chi connectivity index (χ3v) is 4.24. The Bertz CT molecular complexity index is 384. The molecule has 1 aromatic carbocycles. The van der Waals surface area contributed by atoms with Gasteiger partial charge in [-0.1, -0.05) is 19.1 Å². The Morgan fingerprint density at radius 3 is 2.50 bits per heavy atom. The first kappa shape index (κ1) is 15.3. The molecule has 20 heavy (non-hydrogen) atoms. The molecule has 1 aliphatic heterocycles. The number of hydrogen-bond acceptors (Lipinski definition) is 3. The van der Waals surface area contributed by atoms with E-state index in [0.717, 1.165) is 32.6 Å². The van der Waals surface area contributed by atoms with E-state index in [4.69, 9.17) is 4.74 Å². The molecule has 1 aromatic rings. The number of rotatable bonds is 6. The van der Waals surface area contributed by atoms with E-state index < -0.39 is 0 Å². The largest absolute Gasteiger partial charge is 0.381 e. The average Bonchev–Trinajstić information content (AvgIpc) is 2.53. The van der Waals surface area contributed by atoms with Gasteiger partial charge in [0.1, 0.15) is 0 Å². The van der Waals surface area contributed by atoms with Crippen LogP contribution in [0.2, 0.25) is 0 Å². The first-order chi connectivity index (χ1) is 9.72. The topological polar surface area (TPSA) is 24.5 Å². The van der Waals surface area contributed by atoms with Gasteiger partial charge in [-0.3, -0.25) is 0 Å². The van der Waals surface area contributed by atoms with Crippen LogP contribution in [0.25, 0.3) is 0 Å². The Kier molecular flexibility index (Phi) is 5.86. The number of nitrogens with zero attached hydrogens (tertiary/aromatic N) is 1. The van der Waals surface area contributed by atoms with E-state index in [2.05, 4.69) is 55.4 Å². The number of benzene rings is 1. The van der Waals surface area contributed by atoms with Crippen molar-refractivity contribution >= 4 is 5.69 Å². The first-order valence-corrected chi connectivity index (χ1v) is 7.86. The van der Waals surface area contributed by atoms with Gasteiger partial charge < -0.3 is 15.0 Å². The lowest BCUT2D eigenvalue weighted by atomic mass is 10.0. The van der Waals surface area contributed by atoms with Gasteiger partial charge in [0.25, 0.3) is 0 Å². The molecule has 0 aromatic heterocycles. The lowest BCUT2D eigenvalue weighted by Gasteiger charge is -2.33. The maximum Gasteiger partial charge on any atom is 0.0485 e. The second-order valence-corrected chi connectivity index (χ2v) is 5.72. The fourth-order valence-corrected chi connectivity index (χ4v) is 2.76. The fourth-order valence-electron chi connectivity index (χ4n) is 2.76. The highest BCUT2D eigenvalue weighted by molar-refractivity contribution is 5.48. The maximum atomic E-state index is 5.44. The van der Waals surface area contributed by atoms with E-state index >= 15 is 0 Å². The minimum absolute atomic E-state index is 0.428. The van der Waals surface area contributed by atoms with Crippen LogP contribution in [0.4, 0.5) is 5.69 Å². The molecule has 0 bridgehead atoms. The minimum Gasteiger partial charge on any atom is -0.381 e. The number of anilines is 1. The smallest absolute Gasteiger partial charge is 0.0485 e. The molecule has 1 atom stereocenters.